The number of fused-ring (bicyclic) bond motifs is 1. The SMILES string of the molecule is Cc1cccc(CNC(=O)C2(C)Cn3cnc(C(=O)N4CCCCCC4)c3C(=O)N2C2CC2)c1. The highest BCUT2D eigenvalue weighted by Gasteiger charge is 2.53. The smallest absolute Gasteiger partial charge is 0.274 e. The minimum absolute atomic E-state index is 0.0204. The molecule has 1 saturated carbocycles. The molecule has 0 spiro atoms. The van der Waals surface area contributed by atoms with Crippen molar-refractivity contribution < 1.29 is 14.4 Å². The molecule has 1 unspecified atom stereocenters. The van der Waals surface area contributed by atoms with E-state index in [0.29, 0.717) is 25.3 Å². The van der Waals surface area contributed by atoms with E-state index in [0.717, 1.165) is 49.7 Å². The third kappa shape index (κ3) is 4.10. The highest BCUT2D eigenvalue weighted by Crippen LogP contribution is 2.39. The zero-order valence-electron chi connectivity index (χ0n) is 20.0. The number of nitrogens with zero attached hydrogens (tertiary/aromatic N) is 4. The van der Waals surface area contributed by atoms with Crippen LogP contribution in [-0.2, 0) is 17.9 Å². The molecule has 0 bridgehead atoms. The maximum absolute atomic E-state index is 13.8. The van der Waals surface area contributed by atoms with E-state index in [1.54, 1.807) is 15.8 Å². The lowest BCUT2D eigenvalue weighted by molar-refractivity contribution is -0.133. The van der Waals surface area contributed by atoms with Crippen LogP contribution in [0.2, 0.25) is 0 Å². The maximum Gasteiger partial charge on any atom is 0.274 e. The fourth-order valence-electron chi connectivity index (χ4n) is 5.33. The largest absolute Gasteiger partial charge is 0.350 e. The van der Waals surface area contributed by atoms with Crippen LogP contribution >= 0.6 is 0 Å². The average molecular weight is 464 g/mol. The third-order valence-electron chi connectivity index (χ3n) is 7.30. The Morgan fingerprint density at radius 1 is 1.15 bits per heavy atom. The fraction of sp³-hybridized carbons (Fsp3) is 0.538. The molecule has 1 aromatic heterocycles. The summed E-state index contributed by atoms with van der Waals surface area (Å²) in [5, 5.41) is 3.05. The van der Waals surface area contributed by atoms with Crippen molar-refractivity contribution in [2.75, 3.05) is 13.1 Å². The summed E-state index contributed by atoms with van der Waals surface area (Å²) >= 11 is 0. The zero-order valence-corrected chi connectivity index (χ0v) is 20.0. The standard InChI is InChI=1S/C26H33N5O3/c1-18-8-7-9-19(14-18)15-27-25(34)26(2)16-30-17-28-21(22(30)24(33)31(26)20-10-11-20)23(32)29-12-5-3-4-6-13-29/h7-9,14,17,20H,3-6,10-13,15-16H2,1-2H3,(H,27,34). The Morgan fingerprint density at radius 2 is 1.88 bits per heavy atom. The van der Waals surface area contributed by atoms with Gasteiger partial charge in [-0.1, -0.05) is 42.7 Å². The van der Waals surface area contributed by atoms with Crippen LogP contribution < -0.4 is 5.32 Å². The van der Waals surface area contributed by atoms with Gasteiger partial charge in [-0.2, -0.15) is 0 Å². The Hall–Kier alpha value is -3.16. The van der Waals surface area contributed by atoms with Gasteiger partial charge in [-0.3, -0.25) is 14.4 Å². The molecule has 8 heteroatoms. The van der Waals surface area contributed by atoms with E-state index in [4.69, 9.17) is 0 Å². The number of benzene rings is 1. The number of hydrogen-bond donors (Lipinski definition) is 1. The first-order valence-electron chi connectivity index (χ1n) is 12.4. The number of carbonyl (C=O) groups is 3. The van der Waals surface area contributed by atoms with Crippen molar-refractivity contribution in [2.24, 2.45) is 0 Å². The lowest BCUT2D eigenvalue weighted by Gasteiger charge is -2.44. The van der Waals surface area contributed by atoms with Crippen LogP contribution in [0, 0.1) is 6.92 Å². The van der Waals surface area contributed by atoms with Crippen LogP contribution in [0.4, 0.5) is 0 Å². The highest BCUT2D eigenvalue weighted by atomic mass is 16.2. The van der Waals surface area contributed by atoms with E-state index >= 15 is 0 Å². The number of hydrogen-bond acceptors (Lipinski definition) is 4. The molecular weight excluding hydrogens is 430 g/mol. The molecule has 34 heavy (non-hydrogen) atoms. The molecule has 1 aliphatic carbocycles. The van der Waals surface area contributed by atoms with Crippen LogP contribution in [-0.4, -0.2) is 61.7 Å². The molecule has 1 aromatic carbocycles. The summed E-state index contributed by atoms with van der Waals surface area (Å²) in [6.45, 7) is 5.93. The molecule has 3 aliphatic rings. The third-order valence-corrected chi connectivity index (χ3v) is 7.30. The predicted octanol–water partition coefficient (Wildman–Crippen LogP) is 2.90. The number of nitrogens with one attached hydrogen (secondary N) is 1. The van der Waals surface area contributed by atoms with Crippen LogP contribution in [0.5, 0.6) is 0 Å². The molecule has 180 valence electrons. The quantitative estimate of drug-likeness (QED) is 0.739. The first-order chi connectivity index (χ1) is 16.4. The number of likely N-dealkylation sites (tertiary alicyclic amines) is 1. The lowest BCUT2D eigenvalue weighted by atomic mass is 9.93. The summed E-state index contributed by atoms with van der Waals surface area (Å²) in [5.41, 5.74) is 1.66. The molecule has 8 nitrogen and oxygen atoms in total. The summed E-state index contributed by atoms with van der Waals surface area (Å²) < 4.78 is 1.71. The van der Waals surface area contributed by atoms with Crippen molar-refractivity contribution >= 4 is 17.7 Å². The van der Waals surface area contributed by atoms with Gasteiger partial charge >= 0.3 is 0 Å². The van der Waals surface area contributed by atoms with Gasteiger partial charge in [-0.05, 0) is 45.1 Å². The highest BCUT2D eigenvalue weighted by molar-refractivity contribution is 6.07. The van der Waals surface area contributed by atoms with E-state index in [-0.39, 0.29) is 36.0 Å². The molecule has 1 atom stereocenters. The first kappa shape index (κ1) is 22.6. The van der Waals surface area contributed by atoms with Gasteiger partial charge in [0.15, 0.2) is 5.69 Å². The van der Waals surface area contributed by atoms with Gasteiger partial charge in [0.1, 0.15) is 11.2 Å². The second-order valence-corrected chi connectivity index (χ2v) is 10.1. The Morgan fingerprint density at radius 3 is 2.56 bits per heavy atom. The molecule has 3 amide bonds. The number of carbonyl (C=O) groups excluding carboxylic acids is 3. The molecule has 2 fully saturated rings. The molecule has 1 saturated heterocycles. The van der Waals surface area contributed by atoms with Gasteiger partial charge in [0.05, 0.1) is 12.9 Å². The maximum atomic E-state index is 13.8. The number of aromatic nitrogens is 2. The molecule has 2 aliphatic heterocycles. The van der Waals surface area contributed by atoms with Crippen LogP contribution in [0.1, 0.15) is 77.6 Å². The fourth-order valence-corrected chi connectivity index (χ4v) is 5.33. The van der Waals surface area contributed by atoms with Crippen LogP contribution in [0.25, 0.3) is 0 Å². The van der Waals surface area contributed by atoms with Crippen LogP contribution in [0.15, 0.2) is 30.6 Å². The normalized spacial score (nSPS) is 22.8. The van der Waals surface area contributed by atoms with Crippen molar-refractivity contribution in [3.63, 3.8) is 0 Å². The van der Waals surface area contributed by atoms with E-state index in [1.807, 2.05) is 43.0 Å². The summed E-state index contributed by atoms with van der Waals surface area (Å²) in [6, 6.07) is 8.04. The minimum atomic E-state index is -1.04. The van der Waals surface area contributed by atoms with Crippen molar-refractivity contribution in [3.8, 4) is 0 Å². The number of aryl methyl sites for hydroxylation is 1. The second kappa shape index (κ2) is 8.89. The molecule has 1 N–H and O–H groups in total. The average Bonchev–Trinajstić information content (AvgIpc) is 3.60. The Balaban J connectivity index is 1.41. The minimum Gasteiger partial charge on any atom is -0.350 e. The number of amides is 3. The number of imidazole rings is 1. The molecule has 3 heterocycles. The number of rotatable bonds is 5. The molecule has 5 rings (SSSR count). The van der Waals surface area contributed by atoms with Gasteiger partial charge in [-0.25, -0.2) is 4.98 Å². The Labute approximate surface area is 200 Å². The summed E-state index contributed by atoms with van der Waals surface area (Å²) in [7, 11) is 0. The molecule has 0 radical (unpaired) electrons. The zero-order chi connectivity index (χ0) is 23.9. The van der Waals surface area contributed by atoms with E-state index < -0.39 is 5.54 Å². The Bertz CT molecular complexity index is 1110. The first-order valence-corrected chi connectivity index (χ1v) is 12.4. The molecule has 2 aromatic rings. The van der Waals surface area contributed by atoms with E-state index in [9.17, 15) is 14.4 Å². The van der Waals surface area contributed by atoms with Crippen molar-refractivity contribution in [1.82, 2.24) is 24.7 Å². The van der Waals surface area contributed by atoms with Gasteiger partial charge in [0.2, 0.25) is 5.91 Å². The van der Waals surface area contributed by atoms with E-state index in [1.165, 1.54) is 0 Å². The van der Waals surface area contributed by atoms with Gasteiger partial charge < -0.3 is 19.7 Å². The van der Waals surface area contributed by atoms with Crippen molar-refractivity contribution in [2.45, 2.75) is 77.0 Å². The molecular formula is C26H33N5O3. The summed E-state index contributed by atoms with van der Waals surface area (Å²) in [5.74, 6) is -0.626. The van der Waals surface area contributed by atoms with Crippen molar-refractivity contribution in [3.05, 3.63) is 53.1 Å². The van der Waals surface area contributed by atoms with E-state index in [2.05, 4.69) is 10.3 Å². The van der Waals surface area contributed by atoms with Gasteiger partial charge in [-0.15, -0.1) is 0 Å². The monoisotopic (exact) mass is 463 g/mol. The van der Waals surface area contributed by atoms with Crippen molar-refractivity contribution in [1.29, 1.82) is 0 Å². The van der Waals surface area contributed by atoms with Gasteiger partial charge in [0.25, 0.3) is 11.8 Å². The predicted molar refractivity (Wildman–Crippen MR) is 127 cm³/mol. The summed E-state index contributed by atoms with van der Waals surface area (Å²) in [4.78, 5) is 48.5. The second-order valence-electron chi connectivity index (χ2n) is 10.1. The van der Waals surface area contributed by atoms with Crippen LogP contribution in [0.3, 0.4) is 0 Å². The Kier molecular flexibility index (Phi) is 5.91. The topological polar surface area (TPSA) is 87.5 Å². The van der Waals surface area contributed by atoms with Gasteiger partial charge in [0, 0.05) is 25.7 Å². The summed E-state index contributed by atoms with van der Waals surface area (Å²) in [6.07, 6.45) is 7.48. The lowest BCUT2D eigenvalue weighted by Crippen LogP contribution is -2.64.